The number of hydrogen-bond donors (Lipinski definition) is 0. The molecule has 78 valence electrons. The van der Waals surface area contributed by atoms with E-state index < -0.39 is 16.5 Å². The average Bonchev–Trinajstić information content (AvgIpc) is 2.16. The smallest absolute Gasteiger partial charge is 0.178 e. The van der Waals surface area contributed by atoms with Crippen LogP contribution in [0.4, 0.5) is 4.39 Å². The first-order chi connectivity index (χ1) is 6.56. The van der Waals surface area contributed by atoms with Crippen LogP contribution in [0.1, 0.15) is 12.0 Å². The summed E-state index contributed by atoms with van der Waals surface area (Å²) in [6.07, 6.45) is 0.0657. The van der Waals surface area contributed by atoms with Gasteiger partial charge in [-0.2, -0.15) is 0 Å². The van der Waals surface area contributed by atoms with Crippen molar-refractivity contribution in [1.82, 2.24) is 0 Å². The quantitative estimate of drug-likeness (QED) is 0.772. The first-order valence-corrected chi connectivity index (χ1v) is 6.07. The zero-order valence-electron chi connectivity index (χ0n) is 8.03. The van der Waals surface area contributed by atoms with Gasteiger partial charge in [0.15, 0.2) is 9.84 Å². The van der Waals surface area contributed by atoms with E-state index in [-0.39, 0.29) is 17.1 Å². The zero-order valence-corrected chi connectivity index (χ0v) is 8.85. The fraction of sp³-hybridized carbons (Fsp3) is 0.400. The zero-order chi connectivity index (χ0) is 10.6. The van der Waals surface area contributed by atoms with E-state index in [2.05, 4.69) is 0 Å². The van der Waals surface area contributed by atoms with Crippen molar-refractivity contribution < 1.29 is 12.8 Å². The van der Waals surface area contributed by atoms with E-state index in [0.29, 0.717) is 0 Å². The Labute approximate surface area is 83.7 Å². The molecule has 1 rings (SSSR count). The lowest BCUT2D eigenvalue weighted by Gasteiger charge is -2.02. The molecule has 0 saturated heterocycles. The van der Waals surface area contributed by atoms with E-state index in [1.807, 2.05) is 6.92 Å². The second kappa shape index (κ2) is 4.55. The van der Waals surface area contributed by atoms with Gasteiger partial charge >= 0.3 is 0 Å². The van der Waals surface area contributed by atoms with Gasteiger partial charge in [-0.25, -0.2) is 8.42 Å². The summed E-state index contributed by atoms with van der Waals surface area (Å²) in [5.41, 5.74) is 1.01. The van der Waals surface area contributed by atoms with Gasteiger partial charge in [-0.1, -0.05) is 17.7 Å². The van der Waals surface area contributed by atoms with Crippen molar-refractivity contribution in [2.45, 2.75) is 18.2 Å². The Morgan fingerprint density at radius 1 is 1.21 bits per heavy atom. The van der Waals surface area contributed by atoms with E-state index in [9.17, 15) is 12.8 Å². The molecule has 0 spiro atoms. The fourth-order valence-corrected chi connectivity index (χ4v) is 2.38. The molecule has 4 heteroatoms. The van der Waals surface area contributed by atoms with E-state index in [0.717, 1.165) is 5.56 Å². The minimum Gasteiger partial charge on any atom is -0.251 e. The molecule has 0 heterocycles. The summed E-state index contributed by atoms with van der Waals surface area (Å²) in [6, 6.07) is 6.59. The van der Waals surface area contributed by atoms with Crippen molar-refractivity contribution in [3.8, 4) is 0 Å². The Hall–Kier alpha value is -0.900. The summed E-state index contributed by atoms with van der Waals surface area (Å²) < 4.78 is 34.9. The number of aryl methyl sites for hydroxylation is 1. The molecule has 0 saturated carbocycles. The summed E-state index contributed by atoms with van der Waals surface area (Å²) in [6.45, 7) is 1.29. The first-order valence-electron chi connectivity index (χ1n) is 4.41. The van der Waals surface area contributed by atoms with Crippen molar-refractivity contribution in [2.24, 2.45) is 0 Å². The van der Waals surface area contributed by atoms with Gasteiger partial charge in [-0.3, -0.25) is 4.39 Å². The summed E-state index contributed by atoms with van der Waals surface area (Å²) in [5.74, 6) is -0.118. The second-order valence-corrected chi connectivity index (χ2v) is 5.28. The normalized spacial score (nSPS) is 11.6. The molecular weight excluding hydrogens is 203 g/mol. The van der Waals surface area contributed by atoms with E-state index >= 15 is 0 Å². The van der Waals surface area contributed by atoms with E-state index in [4.69, 9.17) is 0 Å². The molecule has 0 N–H and O–H groups in total. The number of sulfone groups is 1. The highest BCUT2D eigenvalue weighted by Gasteiger charge is 2.12. The van der Waals surface area contributed by atoms with Crippen LogP contribution < -0.4 is 0 Å². The van der Waals surface area contributed by atoms with Crippen LogP contribution in [0.3, 0.4) is 0 Å². The lowest BCUT2D eigenvalue weighted by molar-refractivity contribution is 0.484. The SMILES string of the molecule is Cc1ccc(S(=O)(=O)CCCF)cc1. The maximum atomic E-state index is 11.8. The Kier molecular flexibility index (Phi) is 3.63. The van der Waals surface area contributed by atoms with Crippen molar-refractivity contribution in [3.63, 3.8) is 0 Å². The van der Waals surface area contributed by atoms with Crippen LogP contribution in [-0.2, 0) is 9.84 Å². The number of benzene rings is 1. The maximum absolute atomic E-state index is 11.8. The van der Waals surface area contributed by atoms with Crippen LogP contribution in [0.2, 0.25) is 0 Å². The summed E-state index contributed by atoms with van der Waals surface area (Å²) in [7, 11) is -3.28. The van der Waals surface area contributed by atoms with Gasteiger partial charge < -0.3 is 0 Å². The average molecular weight is 216 g/mol. The Morgan fingerprint density at radius 3 is 2.29 bits per heavy atom. The maximum Gasteiger partial charge on any atom is 0.178 e. The van der Waals surface area contributed by atoms with E-state index in [1.165, 1.54) is 0 Å². The lowest BCUT2D eigenvalue weighted by atomic mass is 10.2. The highest BCUT2D eigenvalue weighted by molar-refractivity contribution is 7.91. The molecule has 0 unspecified atom stereocenters. The van der Waals surface area contributed by atoms with Gasteiger partial charge in [0, 0.05) is 0 Å². The van der Waals surface area contributed by atoms with Crippen LogP contribution in [0.5, 0.6) is 0 Å². The monoisotopic (exact) mass is 216 g/mol. The van der Waals surface area contributed by atoms with Gasteiger partial charge in [0.25, 0.3) is 0 Å². The Balaban J connectivity index is 2.87. The molecule has 0 aliphatic heterocycles. The van der Waals surface area contributed by atoms with Gasteiger partial charge in [-0.05, 0) is 25.5 Å². The highest BCUT2D eigenvalue weighted by Crippen LogP contribution is 2.12. The fourth-order valence-electron chi connectivity index (χ4n) is 1.11. The Morgan fingerprint density at radius 2 is 1.79 bits per heavy atom. The number of halogens is 1. The number of hydrogen-bond acceptors (Lipinski definition) is 2. The molecule has 0 aliphatic carbocycles. The van der Waals surface area contributed by atoms with Gasteiger partial charge in [0.2, 0.25) is 0 Å². The molecular formula is C10H13FO2S. The summed E-state index contributed by atoms with van der Waals surface area (Å²) in [4.78, 5) is 0.275. The van der Waals surface area contributed by atoms with Crippen LogP contribution in [0, 0.1) is 6.92 Å². The predicted molar refractivity (Wildman–Crippen MR) is 53.8 cm³/mol. The molecule has 0 atom stereocenters. The molecule has 14 heavy (non-hydrogen) atoms. The van der Waals surface area contributed by atoms with Gasteiger partial charge in [0.1, 0.15) is 0 Å². The molecule has 0 aromatic heterocycles. The highest BCUT2D eigenvalue weighted by atomic mass is 32.2. The van der Waals surface area contributed by atoms with Crippen molar-refractivity contribution in [2.75, 3.05) is 12.4 Å². The van der Waals surface area contributed by atoms with Crippen LogP contribution in [0.25, 0.3) is 0 Å². The molecule has 2 nitrogen and oxygen atoms in total. The lowest BCUT2D eigenvalue weighted by Crippen LogP contribution is -2.07. The largest absolute Gasteiger partial charge is 0.251 e. The molecule has 0 amide bonds. The predicted octanol–water partition coefficient (Wildman–Crippen LogP) is 2.13. The van der Waals surface area contributed by atoms with Crippen LogP contribution in [-0.4, -0.2) is 20.8 Å². The number of rotatable bonds is 4. The molecule has 0 radical (unpaired) electrons. The van der Waals surface area contributed by atoms with E-state index in [1.54, 1.807) is 24.3 Å². The van der Waals surface area contributed by atoms with Crippen LogP contribution in [0.15, 0.2) is 29.2 Å². The molecule has 1 aromatic carbocycles. The third-order valence-corrected chi connectivity index (χ3v) is 3.74. The molecule has 0 fully saturated rings. The minimum atomic E-state index is -3.28. The topological polar surface area (TPSA) is 34.1 Å². The third kappa shape index (κ3) is 2.80. The molecule has 0 bridgehead atoms. The van der Waals surface area contributed by atoms with Crippen molar-refractivity contribution in [3.05, 3.63) is 29.8 Å². The van der Waals surface area contributed by atoms with Crippen molar-refractivity contribution >= 4 is 9.84 Å². The standard InChI is InChI=1S/C10H13FO2S/c1-9-3-5-10(6-4-9)14(12,13)8-2-7-11/h3-6H,2,7-8H2,1H3. The summed E-state index contributed by atoms with van der Waals surface area (Å²) >= 11 is 0. The third-order valence-electron chi connectivity index (χ3n) is 1.93. The van der Waals surface area contributed by atoms with Crippen LogP contribution >= 0.6 is 0 Å². The molecule has 0 aliphatic rings. The van der Waals surface area contributed by atoms with Gasteiger partial charge in [-0.15, -0.1) is 0 Å². The van der Waals surface area contributed by atoms with Crippen molar-refractivity contribution in [1.29, 1.82) is 0 Å². The second-order valence-electron chi connectivity index (χ2n) is 3.17. The Bertz CT molecular complexity index is 381. The molecule has 1 aromatic rings. The first kappa shape index (κ1) is 11.2. The number of alkyl halides is 1. The van der Waals surface area contributed by atoms with Gasteiger partial charge in [0.05, 0.1) is 17.3 Å². The summed E-state index contributed by atoms with van der Waals surface area (Å²) in [5, 5.41) is 0. The minimum absolute atomic E-state index is 0.0657.